The quantitative estimate of drug-likeness (QED) is 0.605. The third-order valence-electron chi connectivity index (χ3n) is 1.75. The van der Waals surface area contributed by atoms with Crippen LogP contribution in [0.4, 0.5) is 14.5 Å². The zero-order valence-corrected chi connectivity index (χ0v) is 9.23. The lowest BCUT2D eigenvalue weighted by Crippen LogP contribution is -1.99. The van der Waals surface area contributed by atoms with Crippen molar-refractivity contribution >= 4 is 17.4 Å². The maximum absolute atomic E-state index is 12.2. The van der Waals surface area contributed by atoms with Crippen LogP contribution in [0.15, 0.2) is 41.3 Å². The van der Waals surface area contributed by atoms with E-state index in [0.29, 0.717) is 23.2 Å². The number of para-hydroxylation sites is 1. The van der Waals surface area contributed by atoms with Crippen molar-refractivity contribution in [3.8, 4) is 0 Å². The number of alkyl halides is 2. The molecule has 0 bridgehead atoms. The van der Waals surface area contributed by atoms with E-state index in [4.69, 9.17) is 0 Å². The van der Waals surface area contributed by atoms with Crippen LogP contribution in [0.3, 0.4) is 0 Å². The van der Waals surface area contributed by atoms with E-state index in [2.05, 4.69) is 5.32 Å². The number of rotatable bonds is 5. The third kappa shape index (κ3) is 4.34. The molecule has 0 amide bonds. The van der Waals surface area contributed by atoms with Crippen LogP contribution in [0.2, 0.25) is 0 Å². The Labute approximate surface area is 92.6 Å². The van der Waals surface area contributed by atoms with Crippen LogP contribution in [-0.4, -0.2) is 12.3 Å². The van der Waals surface area contributed by atoms with Gasteiger partial charge in [-0.3, -0.25) is 0 Å². The topological polar surface area (TPSA) is 12.0 Å². The number of allylic oxidation sites excluding steroid dienone is 1. The van der Waals surface area contributed by atoms with Crippen molar-refractivity contribution in [3.63, 3.8) is 0 Å². The first kappa shape index (κ1) is 12.0. The molecule has 0 spiro atoms. The van der Waals surface area contributed by atoms with Crippen LogP contribution in [0.25, 0.3) is 0 Å². The van der Waals surface area contributed by atoms with E-state index in [1.165, 1.54) is 0 Å². The normalized spacial score (nSPS) is 11.2. The molecule has 0 unspecified atom stereocenters. The van der Waals surface area contributed by atoms with Crippen LogP contribution in [0.1, 0.15) is 6.92 Å². The fraction of sp³-hybridized carbons (Fsp3) is 0.273. The molecular weight excluding hydrogens is 216 g/mol. The van der Waals surface area contributed by atoms with Gasteiger partial charge in [0.25, 0.3) is 5.76 Å². The summed E-state index contributed by atoms with van der Waals surface area (Å²) in [4.78, 5) is 0.581. The second kappa shape index (κ2) is 6.45. The van der Waals surface area contributed by atoms with Gasteiger partial charge in [-0.15, -0.1) is 0 Å². The summed E-state index contributed by atoms with van der Waals surface area (Å²) in [5.41, 5.74) is 0.751. The predicted octanol–water partition coefficient (Wildman–Crippen LogP) is 3.99. The van der Waals surface area contributed by atoms with Gasteiger partial charge in [-0.25, -0.2) is 0 Å². The van der Waals surface area contributed by atoms with Gasteiger partial charge in [-0.2, -0.15) is 8.78 Å². The van der Waals surface area contributed by atoms with Gasteiger partial charge in [0.15, 0.2) is 0 Å². The number of benzene rings is 1. The third-order valence-corrected chi connectivity index (χ3v) is 2.54. The summed E-state index contributed by atoms with van der Waals surface area (Å²) < 4.78 is 24.4. The lowest BCUT2D eigenvalue weighted by atomic mass is 10.3. The minimum absolute atomic E-state index is 0.563. The fourth-order valence-corrected chi connectivity index (χ4v) is 1.71. The smallest absolute Gasteiger partial charge is 0.288 e. The van der Waals surface area contributed by atoms with Crippen molar-refractivity contribution in [2.45, 2.75) is 17.6 Å². The van der Waals surface area contributed by atoms with Crippen LogP contribution in [-0.2, 0) is 0 Å². The van der Waals surface area contributed by atoms with Crippen molar-refractivity contribution < 1.29 is 8.78 Å². The Kier molecular flexibility index (Phi) is 5.18. The van der Waals surface area contributed by atoms with Crippen molar-refractivity contribution in [2.24, 2.45) is 0 Å². The molecule has 82 valence electrons. The maximum Gasteiger partial charge on any atom is 0.288 e. The van der Waals surface area contributed by atoms with Gasteiger partial charge in [-0.05, 0) is 19.1 Å². The summed E-state index contributed by atoms with van der Waals surface area (Å²) in [6, 6.07) is 7.07. The first-order valence-corrected chi connectivity index (χ1v) is 5.51. The molecule has 0 saturated heterocycles. The van der Waals surface area contributed by atoms with Crippen LogP contribution in [0.5, 0.6) is 0 Å². The fourth-order valence-electron chi connectivity index (χ4n) is 1.10. The molecule has 0 aliphatic rings. The molecule has 0 aliphatic heterocycles. The average Bonchev–Trinajstić information content (AvgIpc) is 2.20. The second-order valence-electron chi connectivity index (χ2n) is 2.82. The summed E-state index contributed by atoms with van der Waals surface area (Å²) in [6.07, 6.45) is 3.85. The Bertz CT molecular complexity index is 326. The maximum atomic E-state index is 12.2. The van der Waals surface area contributed by atoms with E-state index in [1.807, 2.05) is 25.1 Å². The molecule has 1 aromatic carbocycles. The first-order valence-electron chi connectivity index (χ1n) is 4.63. The van der Waals surface area contributed by atoms with Crippen molar-refractivity contribution in [3.05, 3.63) is 36.4 Å². The van der Waals surface area contributed by atoms with E-state index in [1.54, 1.807) is 18.2 Å². The molecule has 0 aromatic heterocycles. The molecule has 1 aromatic rings. The largest absolute Gasteiger partial charge is 0.381 e. The monoisotopic (exact) mass is 229 g/mol. The summed E-state index contributed by atoms with van der Waals surface area (Å²) >= 11 is 0.563. The molecule has 0 atom stereocenters. The van der Waals surface area contributed by atoms with Crippen molar-refractivity contribution in [1.82, 2.24) is 0 Å². The SMILES string of the molecule is C/C=C/CNc1ccccc1SC(F)F. The molecule has 1 nitrogen and oxygen atoms in total. The van der Waals surface area contributed by atoms with Crippen LogP contribution < -0.4 is 5.32 Å². The molecule has 0 radical (unpaired) electrons. The highest BCUT2D eigenvalue weighted by Crippen LogP contribution is 2.31. The van der Waals surface area contributed by atoms with Gasteiger partial charge in [-0.1, -0.05) is 36.0 Å². The van der Waals surface area contributed by atoms with E-state index in [-0.39, 0.29) is 0 Å². The number of nitrogens with one attached hydrogen (secondary N) is 1. The number of halogens is 2. The van der Waals surface area contributed by atoms with Crippen LogP contribution >= 0.6 is 11.8 Å². The Balaban J connectivity index is 2.68. The number of hydrogen-bond donors (Lipinski definition) is 1. The highest BCUT2D eigenvalue weighted by molar-refractivity contribution is 7.99. The molecule has 1 N–H and O–H groups in total. The highest BCUT2D eigenvalue weighted by Gasteiger charge is 2.08. The minimum atomic E-state index is -2.38. The summed E-state index contributed by atoms with van der Waals surface area (Å²) in [5, 5.41) is 3.08. The molecule has 0 fully saturated rings. The van der Waals surface area contributed by atoms with E-state index < -0.39 is 5.76 Å². The number of anilines is 1. The zero-order valence-electron chi connectivity index (χ0n) is 8.41. The predicted molar refractivity (Wildman–Crippen MR) is 61.6 cm³/mol. The van der Waals surface area contributed by atoms with E-state index in [0.717, 1.165) is 5.69 Å². The Hall–Kier alpha value is -1.03. The number of thioether (sulfide) groups is 1. The Morgan fingerprint density at radius 1 is 1.40 bits per heavy atom. The summed E-state index contributed by atoms with van der Waals surface area (Å²) in [6.45, 7) is 2.57. The molecule has 0 saturated carbocycles. The molecule has 1 rings (SSSR count). The van der Waals surface area contributed by atoms with Crippen molar-refractivity contribution in [1.29, 1.82) is 0 Å². The molecular formula is C11H13F2NS. The lowest BCUT2D eigenvalue weighted by Gasteiger charge is -2.09. The second-order valence-corrected chi connectivity index (χ2v) is 3.86. The van der Waals surface area contributed by atoms with Gasteiger partial charge in [0.1, 0.15) is 0 Å². The Morgan fingerprint density at radius 2 is 2.13 bits per heavy atom. The lowest BCUT2D eigenvalue weighted by molar-refractivity contribution is 0.252. The molecule has 0 aliphatic carbocycles. The molecule has 15 heavy (non-hydrogen) atoms. The van der Waals surface area contributed by atoms with E-state index >= 15 is 0 Å². The summed E-state index contributed by atoms with van der Waals surface area (Å²) in [5.74, 6) is -2.38. The zero-order chi connectivity index (χ0) is 11.1. The van der Waals surface area contributed by atoms with Crippen LogP contribution in [0, 0.1) is 0 Å². The minimum Gasteiger partial charge on any atom is -0.381 e. The standard InChI is InChI=1S/C11H13F2NS/c1-2-3-8-14-9-6-4-5-7-10(9)15-11(12)13/h2-7,11,14H,8H2,1H3/b3-2+. The summed E-state index contributed by atoms with van der Waals surface area (Å²) in [7, 11) is 0. The van der Waals surface area contributed by atoms with Gasteiger partial charge >= 0.3 is 0 Å². The van der Waals surface area contributed by atoms with Gasteiger partial charge in [0.2, 0.25) is 0 Å². The van der Waals surface area contributed by atoms with Gasteiger partial charge in [0, 0.05) is 17.1 Å². The highest BCUT2D eigenvalue weighted by atomic mass is 32.2. The first-order chi connectivity index (χ1) is 7.24. The Morgan fingerprint density at radius 3 is 2.80 bits per heavy atom. The van der Waals surface area contributed by atoms with E-state index in [9.17, 15) is 8.78 Å². The van der Waals surface area contributed by atoms with Gasteiger partial charge in [0.05, 0.1) is 0 Å². The van der Waals surface area contributed by atoms with Gasteiger partial charge < -0.3 is 5.32 Å². The number of hydrogen-bond acceptors (Lipinski definition) is 2. The molecule has 4 heteroatoms. The van der Waals surface area contributed by atoms with Crippen molar-refractivity contribution in [2.75, 3.05) is 11.9 Å². The molecule has 0 heterocycles. The average molecular weight is 229 g/mol.